The molecule has 0 fully saturated rings. The van der Waals surface area contributed by atoms with Gasteiger partial charge in [0.2, 0.25) is 0 Å². The van der Waals surface area contributed by atoms with E-state index in [-0.39, 0.29) is 17.9 Å². The molecule has 0 aromatic rings. The molecular formula is C9H17NO2. The SMILES string of the molecule is CC(=O)CC[C@@H](C=O)NC(C)C. The Kier molecular flexibility index (Phi) is 5.54. The largest absolute Gasteiger partial charge is 0.305 e. The molecule has 0 radical (unpaired) electrons. The van der Waals surface area contributed by atoms with Gasteiger partial charge in [-0.1, -0.05) is 13.8 Å². The Morgan fingerprint density at radius 2 is 2.08 bits per heavy atom. The molecule has 0 heterocycles. The molecule has 0 spiro atoms. The van der Waals surface area contributed by atoms with Gasteiger partial charge >= 0.3 is 0 Å². The Morgan fingerprint density at radius 1 is 1.50 bits per heavy atom. The van der Waals surface area contributed by atoms with Gasteiger partial charge in [-0.25, -0.2) is 0 Å². The molecular weight excluding hydrogens is 154 g/mol. The van der Waals surface area contributed by atoms with Crippen molar-refractivity contribution in [3.63, 3.8) is 0 Å². The zero-order chi connectivity index (χ0) is 9.56. The van der Waals surface area contributed by atoms with Gasteiger partial charge in [-0.3, -0.25) is 0 Å². The predicted octanol–water partition coefficient (Wildman–Crippen LogP) is 0.921. The first kappa shape index (κ1) is 11.3. The summed E-state index contributed by atoms with van der Waals surface area (Å²) in [7, 11) is 0. The van der Waals surface area contributed by atoms with Crippen LogP contribution in [0, 0.1) is 0 Å². The summed E-state index contributed by atoms with van der Waals surface area (Å²) in [4.78, 5) is 21.1. The average molecular weight is 171 g/mol. The maximum absolute atomic E-state index is 10.6. The smallest absolute Gasteiger partial charge is 0.136 e. The van der Waals surface area contributed by atoms with Crippen molar-refractivity contribution in [1.29, 1.82) is 0 Å². The van der Waals surface area contributed by atoms with Gasteiger partial charge in [-0.2, -0.15) is 0 Å². The highest BCUT2D eigenvalue weighted by atomic mass is 16.1. The number of carbonyl (C=O) groups excluding carboxylic acids is 2. The fourth-order valence-electron chi connectivity index (χ4n) is 0.978. The molecule has 0 rings (SSSR count). The minimum absolute atomic E-state index is 0.132. The van der Waals surface area contributed by atoms with Gasteiger partial charge in [-0.15, -0.1) is 0 Å². The molecule has 0 aliphatic carbocycles. The van der Waals surface area contributed by atoms with Crippen molar-refractivity contribution in [1.82, 2.24) is 5.32 Å². The Balaban J connectivity index is 3.67. The van der Waals surface area contributed by atoms with Crippen molar-refractivity contribution in [3.05, 3.63) is 0 Å². The van der Waals surface area contributed by atoms with Gasteiger partial charge in [-0.05, 0) is 13.3 Å². The van der Waals surface area contributed by atoms with Crippen LogP contribution in [0.4, 0.5) is 0 Å². The van der Waals surface area contributed by atoms with Crippen molar-refractivity contribution >= 4 is 12.1 Å². The Labute approximate surface area is 73.5 Å². The zero-order valence-corrected chi connectivity index (χ0v) is 7.96. The van der Waals surface area contributed by atoms with Crippen molar-refractivity contribution in [2.75, 3.05) is 0 Å². The van der Waals surface area contributed by atoms with Crippen LogP contribution in [0.15, 0.2) is 0 Å². The first-order valence-electron chi connectivity index (χ1n) is 4.27. The number of hydrogen-bond acceptors (Lipinski definition) is 3. The molecule has 0 aliphatic heterocycles. The number of nitrogens with one attached hydrogen (secondary N) is 1. The highest BCUT2D eigenvalue weighted by Crippen LogP contribution is 1.96. The minimum atomic E-state index is -0.172. The van der Waals surface area contributed by atoms with Crippen molar-refractivity contribution in [2.45, 2.75) is 45.7 Å². The number of hydrogen-bond donors (Lipinski definition) is 1. The highest BCUT2D eigenvalue weighted by molar-refractivity contribution is 5.76. The van der Waals surface area contributed by atoms with Crippen LogP contribution < -0.4 is 5.32 Å². The topological polar surface area (TPSA) is 46.2 Å². The number of ketones is 1. The fraction of sp³-hybridized carbons (Fsp3) is 0.778. The van der Waals surface area contributed by atoms with Crippen LogP contribution >= 0.6 is 0 Å². The van der Waals surface area contributed by atoms with E-state index in [1.54, 1.807) is 0 Å². The summed E-state index contributed by atoms with van der Waals surface area (Å²) < 4.78 is 0. The summed E-state index contributed by atoms with van der Waals surface area (Å²) in [6, 6.07) is 0.112. The molecule has 3 heteroatoms. The van der Waals surface area contributed by atoms with Crippen LogP contribution in [-0.4, -0.2) is 24.2 Å². The molecule has 0 aromatic carbocycles. The number of Topliss-reactive ketones (excluding diaryl/α,β-unsaturated/α-hetero) is 1. The van der Waals surface area contributed by atoms with Crippen LogP contribution in [0.25, 0.3) is 0 Å². The van der Waals surface area contributed by atoms with E-state index >= 15 is 0 Å². The lowest BCUT2D eigenvalue weighted by Gasteiger charge is -2.14. The summed E-state index contributed by atoms with van der Waals surface area (Å²) in [6.07, 6.45) is 1.95. The molecule has 0 saturated heterocycles. The molecule has 0 aliphatic rings. The lowest BCUT2D eigenvalue weighted by Crippen LogP contribution is -2.36. The molecule has 0 aromatic heterocycles. The van der Waals surface area contributed by atoms with Gasteiger partial charge in [0.05, 0.1) is 6.04 Å². The average Bonchev–Trinajstić information content (AvgIpc) is 1.97. The molecule has 12 heavy (non-hydrogen) atoms. The van der Waals surface area contributed by atoms with E-state index in [2.05, 4.69) is 5.32 Å². The lowest BCUT2D eigenvalue weighted by atomic mass is 10.1. The second-order valence-corrected chi connectivity index (χ2v) is 3.30. The molecule has 70 valence electrons. The van der Waals surface area contributed by atoms with Crippen LogP contribution in [-0.2, 0) is 9.59 Å². The van der Waals surface area contributed by atoms with Gasteiger partial charge in [0.25, 0.3) is 0 Å². The second-order valence-electron chi connectivity index (χ2n) is 3.30. The molecule has 0 amide bonds. The standard InChI is InChI=1S/C9H17NO2/c1-7(2)10-9(6-11)5-4-8(3)12/h6-7,9-10H,4-5H2,1-3H3/t9-/m0/s1. The maximum atomic E-state index is 10.6. The molecule has 1 atom stereocenters. The number of carbonyl (C=O) groups is 2. The summed E-state index contributed by atoms with van der Waals surface area (Å²) in [5.41, 5.74) is 0. The van der Waals surface area contributed by atoms with Gasteiger partial charge in [0, 0.05) is 12.5 Å². The maximum Gasteiger partial charge on any atom is 0.136 e. The van der Waals surface area contributed by atoms with Gasteiger partial charge in [0.15, 0.2) is 0 Å². The fourth-order valence-corrected chi connectivity index (χ4v) is 0.978. The molecule has 0 bridgehead atoms. The van der Waals surface area contributed by atoms with Crippen molar-refractivity contribution in [3.8, 4) is 0 Å². The second kappa shape index (κ2) is 5.89. The Hall–Kier alpha value is -0.700. The molecule has 3 nitrogen and oxygen atoms in total. The molecule has 0 unspecified atom stereocenters. The summed E-state index contributed by atoms with van der Waals surface area (Å²) in [5, 5.41) is 3.06. The van der Waals surface area contributed by atoms with Crippen LogP contribution in [0.1, 0.15) is 33.6 Å². The summed E-state index contributed by atoms with van der Waals surface area (Å²) in [6.45, 7) is 5.49. The third-order valence-electron chi connectivity index (χ3n) is 1.52. The molecule has 0 saturated carbocycles. The van der Waals surface area contributed by atoms with Crippen molar-refractivity contribution < 1.29 is 9.59 Å². The third kappa shape index (κ3) is 6.04. The highest BCUT2D eigenvalue weighted by Gasteiger charge is 2.08. The normalized spacial score (nSPS) is 13.0. The van der Waals surface area contributed by atoms with E-state index in [0.29, 0.717) is 12.8 Å². The Morgan fingerprint density at radius 3 is 2.42 bits per heavy atom. The molecule has 1 N–H and O–H groups in total. The number of aldehydes is 1. The summed E-state index contributed by atoms with van der Waals surface area (Å²) in [5.74, 6) is 0.132. The van der Waals surface area contributed by atoms with Gasteiger partial charge in [0.1, 0.15) is 12.1 Å². The van der Waals surface area contributed by atoms with Crippen molar-refractivity contribution in [2.24, 2.45) is 0 Å². The van der Waals surface area contributed by atoms with Crippen LogP contribution in [0.2, 0.25) is 0 Å². The third-order valence-corrected chi connectivity index (χ3v) is 1.52. The Bertz CT molecular complexity index is 155. The van der Waals surface area contributed by atoms with E-state index < -0.39 is 0 Å². The first-order valence-corrected chi connectivity index (χ1v) is 4.27. The van der Waals surface area contributed by atoms with E-state index in [0.717, 1.165) is 6.29 Å². The number of rotatable bonds is 6. The van der Waals surface area contributed by atoms with E-state index in [9.17, 15) is 9.59 Å². The lowest BCUT2D eigenvalue weighted by molar-refractivity contribution is -0.117. The first-order chi connectivity index (χ1) is 5.56. The van der Waals surface area contributed by atoms with E-state index in [4.69, 9.17) is 0 Å². The van der Waals surface area contributed by atoms with Crippen LogP contribution in [0.3, 0.4) is 0 Å². The zero-order valence-electron chi connectivity index (χ0n) is 7.96. The van der Waals surface area contributed by atoms with Gasteiger partial charge < -0.3 is 14.9 Å². The van der Waals surface area contributed by atoms with E-state index in [1.165, 1.54) is 6.92 Å². The quantitative estimate of drug-likeness (QED) is 0.604. The predicted molar refractivity (Wildman–Crippen MR) is 48.0 cm³/mol. The van der Waals surface area contributed by atoms with E-state index in [1.807, 2.05) is 13.8 Å². The van der Waals surface area contributed by atoms with Crippen LogP contribution in [0.5, 0.6) is 0 Å². The summed E-state index contributed by atoms with van der Waals surface area (Å²) >= 11 is 0. The monoisotopic (exact) mass is 171 g/mol. The minimum Gasteiger partial charge on any atom is -0.305 e.